The van der Waals surface area contributed by atoms with Gasteiger partial charge in [0.1, 0.15) is 12.1 Å². The highest BCUT2D eigenvalue weighted by Gasteiger charge is 2.50. The summed E-state index contributed by atoms with van der Waals surface area (Å²) in [4.78, 5) is 27.4. The van der Waals surface area contributed by atoms with Gasteiger partial charge >= 0.3 is 12.1 Å². The van der Waals surface area contributed by atoms with Crippen LogP contribution in [0.5, 0.6) is 0 Å². The fourth-order valence-corrected chi connectivity index (χ4v) is 6.09. The van der Waals surface area contributed by atoms with Gasteiger partial charge in [-0.05, 0) is 67.4 Å². The summed E-state index contributed by atoms with van der Waals surface area (Å²) >= 11 is 0. The summed E-state index contributed by atoms with van der Waals surface area (Å²) in [5.74, 6) is 1.48. The number of carboxylic acids is 1. The Morgan fingerprint density at radius 3 is 2.46 bits per heavy atom. The molecule has 6 rings (SSSR count). The van der Waals surface area contributed by atoms with Crippen molar-refractivity contribution in [1.29, 1.82) is 0 Å². The molecule has 0 aliphatic heterocycles. The Bertz CT molecular complexity index is 877. The summed E-state index contributed by atoms with van der Waals surface area (Å²) in [5, 5.41) is 13.2. The van der Waals surface area contributed by atoms with Crippen molar-refractivity contribution in [3.63, 3.8) is 0 Å². The van der Waals surface area contributed by atoms with Gasteiger partial charge in [0.2, 0.25) is 0 Å². The number of fused-ring (bicyclic) bond motifs is 1. The number of nitrogens with one attached hydrogen (secondary N) is 2. The van der Waals surface area contributed by atoms with Crippen LogP contribution in [-0.2, 0) is 16.0 Å². The number of aromatic nitrogens is 1. The Labute approximate surface area is 163 Å². The van der Waals surface area contributed by atoms with Crippen molar-refractivity contribution in [3.8, 4) is 0 Å². The Morgan fingerprint density at radius 2 is 1.79 bits per heavy atom. The van der Waals surface area contributed by atoms with Gasteiger partial charge < -0.3 is 20.1 Å². The molecular weight excluding hydrogens is 356 g/mol. The lowest BCUT2D eigenvalue weighted by Crippen LogP contribution is -2.52. The van der Waals surface area contributed by atoms with Crippen molar-refractivity contribution in [2.45, 2.75) is 50.7 Å². The minimum absolute atomic E-state index is 0.0460. The second-order valence-corrected chi connectivity index (χ2v) is 8.90. The van der Waals surface area contributed by atoms with E-state index in [-0.39, 0.29) is 12.5 Å². The van der Waals surface area contributed by atoms with E-state index in [1.54, 1.807) is 0 Å². The number of H-pyrrole nitrogens is 1. The molecule has 148 valence electrons. The molecule has 4 saturated carbocycles. The van der Waals surface area contributed by atoms with Crippen LogP contribution in [0.1, 0.15) is 37.7 Å². The Morgan fingerprint density at radius 1 is 1.11 bits per heavy atom. The minimum Gasteiger partial charge on any atom is -0.480 e. The van der Waals surface area contributed by atoms with Crippen LogP contribution in [0.2, 0.25) is 0 Å². The molecule has 6 nitrogen and oxygen atoms in total. The number of ether oxygens (including phenoxy) is 1. The summed E-state index contributed by atoms with van der Waals surface area (Å²) in [5.41, 5.74) is 1.83. The Kier molecular flexibility index (Phi) is 4.29. The van der Waals surface area contributed by atoms with Crippen LogP contribution in [-0.4, -0.2) is 34.3 Å². The molecule has 3 N–H and O–H groups in total. The van der Waals surface area contributed by atoms with Crippen molar-refractivity contribution in [3.05, 3.63) is 36.0 Å². The number of aliphatic carboxylic acids is 1. The number of para-hydroxylation sites is 1. The highest BCUT2D eigenvalue weighted by atomic mass is 16.6. The first-order valence-electron chi connectivity index (χ1n) is 10.3. The van der Waals surface area contributed by atoms with Crippen molar-refractivity contribution in [1.82, 2.24) is 10.3 Å². The van der Waals surface area contributed by atoms with E-state index < -0.39 is 18.1 Å². The number of hydrogen-bond donors (Lipinski definition) is 3. The largest absolute Gasteiger partial charge is 0.480 e. The molecule has 0 radical (unpaired) electrons. The highest BCUT2D eigenvalue weighted by molar-refractivity contribution is 5.85. The number of hydrogen-bond acceptors (Lipinski definition) is 3. The maximum Gasteiger partial charge on any atom is 0.408 e. The molecular formula is C22H26N2O4. The van der Waals surface area contributed by atoms with E-state index in [0.29, 0.717) is 11.8 Å². The molecule has 0 saturated heterocycles. The maximum absolute atomic E-state index is 12.5. The summed E-state index contributed by atoms with van der Waals surface area (Å²) in [6.07, 6.45) is 7.36. The molecule has 4 fully saturated rings. The smallest absolute Gasteiger partial charge is 0.408 e. The molecule has 1 amide bonds. The third kappa shape index (κ3) is 3.15. The van der Waals surface area contributed by atoms with Gasteiger partial charge in [0, 0.05) is 23.5 Å². The first-order valence-corrected chi connectivity index (χ1v) is 10.3. The number of rotatable bonds is 5. The lowest BCUT2D eigenvalue weighted by Gasteiger charge is -2.53. The van der Waals surface area contributed by atoms with Crippen molar-refractivity contribution >= 4 is 23.0 Å². The molecule has 2 aromatic rings. The van der Waals surface area contributed by atoms with Gasteiger partial charge in [-0.15, -0.1) is 0 Å². The standard InChI is InChI=1S/C22H26N2O4/c25-21(26)19(10-16-11-23-18-4-2-1-3-17(16)18)24-22(27)28-20-14-6-12-5-13(8-14)9-15(20)7-12/h1-4,11-15,19-20,23H,5-10H2,(H,24,27)(H,25,26)/t12?,13?,14?,15?,19-,20?/m0/s1. The zero-order valence-corrected chi connectivity index (χ0v) is 15.8. The number of benzene rings is 1. The summed E-state index contributed by atoms with van der Waals surface area (Å²) in [6, 6.07) is 6.74. The van der Waals surface area contributed by atoms with E-state index in [9.17, 15) is 14.7 Å². The van der Waals surface area contributed by atoms with Crippen LogP contribution < -0.4 is 5.32 Å². The van der Waals surface area contributed by atoms with Crippen molar-refractivity contribution < 1.29 is 19.4 Å². The lowest BCUT2D eigenvalue weighted by atomic mass is 9.55. The number of alkyl carbamates (subject to hydrolysis) is 1. The molecule has 1 heterocycles. The summed E-state index contributed by atoms with van der Waals surface area (Å²) in [6.45, 7) is 0. The molecule has 4 aliphatic rings. The second-order valence-electron chi connectivity index (χ2n) is 8.90. The Hall–Kier alpha value is -2.50. The fraction of sp³-hybridized carbons (Fsp3) is 0.545. The fourth-order valence-electron chi connectivity index (χ4n) is 6.09. The molecule has 6 heteroatoms. The van der Waals surface area contributed by atoms with Crippen LogP contribution in [0, 0.1) is 23.7 Å². The average Bonchev–Trinajstić information content (AvgIpc) is 3.06. The zero-order chi connectivity index (χ0) is 19.3. The third-order valence-electron chi connectivity index (χ3n) is 7.07. The minimum atomic E-state index is -1.05. The summed E-state index contributed by atoms with van der Waals surface area (Å²) < 4.78 is 5.79. The second kappa shape index (κ2) is 6.83. The van der Waals surface area contributed by atoms with Gasteiger partial charge in [0.15, 0.2) is 0 Å². The van der Waals surface area contributed by atoms with Gasteiger partial charge in [-0.1, -0.05) is 18.2 Å². The number of carbonyl (C=O) groups is 2. The normalized spacial score (nSPS) is 31.6. The number of amides is 1. The van der Waals surface area contributed by atoms with E-state index >= 15 is 0 Å². The molecule has 4 aliphatic carbocycles. The van der Waals surface area contributed by atoms with E-state index in [1.807, 2.05) is 30.5 Å². The van der Waals surface area contributed by atoms with Crippen molar-refractivity contribution in [2.24, 2.45) is 23.7 Å². The van der Waals surface area contributed by atoms with E-state index in [4.69, 9.17) is 4.74 Å². The quantitative estimate of drug-likeness (QED) is 0.735. The molecule has 0 spiro atoms. The molecule has 1 atom stereocenters. The number of aromatic amines is 1. The third-order valence-corrected chi connectivity index (χ3v) is 7.07. The molecule has 28 heavy (non-hydrogen) atoms. The lowest BCUT2D eigenvalue weighted by molar-refractivity contribution is -0.139. The van der Waals surface area contributed by atoms with Gasteiger partial charge in [0.05, 0.1) is 0 Å². The molecule has 4 bridgehead atoms. The molecule has 0 unspecified atom stereocenters. The van der Waals surface area contributed by atoms with Gasteiger partial charge in [0.25, 0.3) is 0 Å². The molecule has 1 aromatic heterocycles. The van der Waals surface area contributed by atoms with Crippen LogP contribution >= 0.6 is 0 Å². The Balaban J connectivity index is 1.25. The molecule has 1 aromatic carbocycles. The first kappa shape index (κ1) is 17.6. The maximum atomic E-state index is 12.5. The zero-order valence-electron chi connectivity index (χ0n) is 15.8. The predicted octanol–water partition coefficient (Wildman–Crippen LogP) is 3.71. The van der Waals surface area contributed by atoms with E-state index in [0.717, 1.165) is 54.0 Å². The average molecular weight is 382 g/mol. The SMILES string of the molecule is O=C(N[C@@H](Cc1c[nH]c2ccccc12)C(=O)O)OC1C2CC3CC(C2)CC1C3. The summed E-state index contributed by atoms with van der Waals surface area (Å²) in [7, 11) is 0. The number of carbonyl (C=O) groups excluding carboxylic acids is 1. The van der Waals surface area contributed by atoms with E-state index in [1.165, 1.54) is 6.42 Å². The van der Waals surface area contributed by atoms with Crippen molar-refractivity contribution in [2.75, 3.05) is 0 Å². The van der Waals surface area contributed by atoms with Gasteiger partial charge in [-0.2, -0.15) is 0 Å². The van der Waals surface area contributed by atoms with E-state index in [2.05, 4.69) is 10.3 Å². The first-order chi connectivity index (χ1) is 13.6. The predicted molar refractivity (Wildman–Crippen MR) is 104 cm³/mol. The van der Waals surface area contributed by atoms with Crippen LogP contribution in [0.15, 0.2) is 30.5 Å². The van der Waals surface area contributed by atoms with Crippen LogP contribution in [0.3, 0.4) is 0 Å². The topological polar surface area (TPSA) is 91.4 Å². The van der Waals surface area contributed by atoms with Crippen LogP contribution in [0.4, 0.5) is 4.79 Å². The highest BCUT2D eigenvalue weighted by Crippen LogP contribution is 2.54. The number of carboxylic acid groups (broad SMARTS) is 1. The monoisotopic (exact) mass is 382 g/mol. The van der Waals surface area contributed by atoms with Gasteiger partial charge in [-0.3, -0.25) is 0 Å². The van der Waals surface area contributed by atoms with Crippen LogP contribution in [0.25, 0.3) is 10.9 Å². The van der Waals surface area contributed by atoms with Gasteiger partial charge in [-0.25, -0.2) is 9.59 Å².